The number of hydrogen-bond donors (Lipinski definition) is 0. The molecule has 3 aliphatic rings. The second-order valence-corrected chi connectivity index (χ2v) is 9.11. The fourth-order valence-corrected chi connectivity index (χ4v) is 5.38. The maximum Gasteiger partial charge on any atom is 0.289 e. The van der Waals surface area contributed by atoms with Gasteiger partial charge in [0.1, 0.15) is 11.9 Å². The smallest absolute Gasteiger partial charge is 0.289 e. The molecule has 0 atom stereocenters. The molecule has 0 spiro atoms. The highest BCUT2D eigenvalue weighted by atomic mass is 16.5. The summed E-state index contributed by atoms with van der Waals surface area (Å²) in [7, 11) is 0. The fourth-order valence-electron chi connectivity index (χ4n) is 5.38. The van der Waals surface area contributed by atoms with Crippen LogP contribution in [-0.4, -0.2) is 48.6 Å². The quantitative estimate of drug-likeness (QED) is 0.728. The topological polar surface area (TPSA) is 82.6 Å². The summed E-state index contributed by atoms with van der Waals surface area (Å²) < 4.78 is 11.2. The predicted molar refractivity (Wildman–Crippen MR) is 120 cm³/mol. The van der Waals surface area contributed by atoms with Gasteiger partial charge < -0.3 is 19.0 Å². The summed E-state index contributed by atoms with van der Waals surface area (Å²) in [4.78, 5) is 22.0. The van der Waals surface area contributed by atoms with Crippen molar-refractivity contribution < 1.29 is 13.9 Å². The first-order chi connectivity index (χ1) is 15.7. The molecule has 1 amide bonds. The number of aryl methyl sites for hydroxylation is 1. The molecule has 0 aromatic carbocycles. The van der Waals surface area contributed by atoms with Crippen LogP contribution in [0.5, 0.6) is 0 Å². The zero-order valence-corrected chi connectivity index (χ0v) is 18.7. The Hall–Kier alpha value is -2.85. The van der Waals surface area contributed by atoms with Gasteiger partial charge in [0.05, 0.1) is 30.7 Å². The van der Waals surface area contributed by atoms with Crippen LogP contribution in [0, 0.1) is 18.3 Å². The van der Waals surface area contributed by atoms with Crippen LogP contribution in [0.4, 0.5) is 5.82 Å². The number of aromatic nitrogens is 1. The maximum absolute atomic E-state index is 12.8. The summed E-state index contributed by atoms with van der Waals surface area (Å²) in [5.41, 5.74) is 5.00. The highest BCUT2D eigenvalue weighted by Crippen LogP contribution is 2.39. The third-order valence-corrected chi connectivity index (χ3v) is 7.19. The predicted octanol–water partition coefficient (Wildman–Crippen LogP) is 3.94. The Kier molecular flexibility index (Phi) is 5.88. The summed E-state index contributed by atoms with van der Waals surface area (Å²) in [5.74, 6) is 1.61. The Labute approximate surface area is 189 Å². The highest BCUT2D eigenvalue weighted by molar-refractivity contribution is 5.93. The fraction of sp³-hybridized carbons (Fsp3) is 0.560. The number of amides is 1. The van der Waals surface area contributed by atoms with Crippen molar-refractivity contribution in [2.75, 3.05) is 37.7 Å². The molecule has 7 nitrogen and oxygen atoms in total. The largest absolute Gasteiger partial charge is 0.459 e. The minimum Gasteiger partial charge on any atom is -0.459 e. The summed E-state index contributed by atoms with van der Waals surface area (Å²) in [5, 5.41) is 10.1. The van der Waals surface area contributed by atoms with Crippen molar-refractivity contribution in [1.29, 1.82) is 5.26 Å². The van der Waals surface area contributed by atoms with E-state index in [4.69, 9.17) is 14.1 Å². The third kappa shape index (κ3) is 3.77. The number of anilines is 1. The summed E-state index contributed by atoms with van der Waals surface area (Å²) in [6, 6.07) is 4.28. The number of carbonyl (C=O) groups is 1. The number of nitriles is 1. The number of carbonyl (C=O) groups excluding carboxylic acids is 1. The lowest BCUT2D eigenvalue weighted by Gasteiger charge is -2.37. The van der Waals surface area contributed by atoms with Crippen LogP contribution in [0.2, 0.25) is 0 Å². The molecule has 1 aliphatic carbocycles. The lowest BCUT2D eigenvalue weighted by Crippen LogP contribution is -2.49. The summed E-state index contributed by atoms with van der Waals surface area (Å²) in [6.45, 7) is 5.60. The molecule has 168 valence electrons. The Balaban J connectivity index is 1.43. The summed E-state index contributed by atoms with van der Waals surface area (Å²) in [6.07, 6.45) is 8.43. The third-order valence-electron chi connectivity index (χ3n) is 7.19. The van der Waals surface area contributed by atoms with E-state index in [-0.39, 0.29) is 5.91 Å². The Morgan fingerprint density at radius 3 is 2.62 bits per heavy atom. The van der Waals surface area contributed by atoms with Gasteiger partial charge in [-0.1, -0.05) is 19.3 Å². The van der Waals surface area contributed by atoms with Gasteiger partial charge in [0.2, 0.25) is 0 Å². The van der Waals surface area contributed by atoms with E-state index in [0.717, 1.165) is 47.5 Å². The molecule has 2 fully saturated rings. The van der Waals surface area contributed by atoms with Gasteiger partial charge in [0.25, 0.3) is 5.91 Å². The number of nitrogens with zero attached hydrogens (tertiary/aromatic N) is 4. The SMILES string of the molecule is Cc1ccoc1C(=O)N1CCN(c2nc(C3CCCCC3)c3c(c2C#N)CCOC3)CC1. The van der Waals surface area contributed by atoms with Crippen molar-refractivity contribution in [1.82, 2.24) is 9.88 Å². The molecule has 7 heteroatoms. The second-order valence-electron chi connectivity index (χ2n) is 9.11. The molecule has 32 heavy (non-hydrogen) atoms. The van der Waals surface area contributed by atoms with E-state index in [0.29, 0.717) is 56.6 Å². The first kappa shape index (κ1) is 21.0. The van der Waals surface area contributed by atoms with Crippen LogP contribution < -0.4 is 4.90 Å². The van der Waals surface area contributed by atoms with E-state index in [1.54, 1.807) is 6.26 Å². The number of hydrogen-bond acceptors (Lipinski definition) is 6. The van der Waals surface area contributed by atoms with Gasteiger partial charge in [-0.05, 0) is 37.8 Å². The Morgan fingerprint density at radius 1 is 1.16 bits per heavy atom. The Bertz CT molecular complexity index is 1040. The van der Waals surface area contributed by atoms with Gasteiger partial charge in [0.15, 0.2) is 5.76 Å². The van der Waals surface area contributed by atoms with E-state index >= 15 is 0 Å². The van der Waals surface area contributed by atoms with Gasteiger partial charge >= 0.3 is 0 Å². The van der Waals surface area contributed by atoms with Crippen LogP contribution in [0.1, 0.15) is 76.5 Å². The molecule has 2 aromatic rings. The van der Waals surface area contributed by atoms with Crippen molar-refractivity contribution >= 4 is 11.7 Å². The molecule has 2 aromatic heterocycles. The minimum absolute atomic E-state index is 0.0638. The molecule has 0 unspecified atom stereocenters. The van der Waals surface area contributed by atoms with Crippen molar-refractivity contribution in [3.05, 3.63) is 46.0 Å². The van der Waals surface area contributed by atoms with Crippen molar-refractivity contribution in [3.8, 4) is 6.07 Å². The van der Waals surface area contributed by atoms with Crippen molar-refractivity contribution in [3.63, 3.8) is 0 Å². The van der Waals surface area contributed by atoms with Gasteiger partial charge in [-0.25, -0.2) is 4.98 Å². The number of piperazine rings is 1. The van der Waals surface area contributed by atoms with Gasteiger partial charge in [-0.15, -0.1) is 0 Å². The minimum atomic E-state index is -0.0638. The van der Waals surface area contributed by atoms with E-state index in [9.17, 15) is 10.1 Å². The van der Waals surface area contributed by atoms with E-state index in [2.05, 4.69) is 11.0 Å². The van der Waals surface area contributed by atoms with Crippen LogP contribution in [0.25, 0.3) is 0 Å². The molecule has 1 saturated carbocycles. The lowest BCUT2D eigenvalue weighted by atomic mass is 9.82. The molecule has 0 radical (unpaired) electrons. The van der Waals surface area contributed by atoms with Crippen LogP contribution in [-0.2, 0) is 17.8 Å². The zero-order chi connectivity index (χ0) is 22.1. The number of fused-ring (bicyclic) bond motifs is 1. The van der Waals surface area contributed by atoms with Crippen molar-refractivity contribution in [2.24, 2.45) is 0 Å². The van der Waals surface area contributed by atoms with E-state index in [1.165, 1.54) is 19.3 Å². The maximum atomic E-state index is 12.8. The number of furan rings is 1. The van der Waals surface area contributed by atoms with Gasteiger partial charge in [0, 0.05) is 43.2 Å². The first-order valence-corrected chi connectivity index (χ1v) is 11.8. The number of ether oxygens (including phenoxy) is 1. The average molecular weight is 435 g/mol. The van der Waals surface area contributed by atoms with Crippen molar-refractivity contribution in [2.45, 2.75) is 58.0 Å². The van der Waals surface area contributed by atoms with Gasteiger partial charge in [-0.3, -0.25) is 4.79 Å². The molecule has 4 heterocycles. The average Bonchev–Trinajstić information content (AvgIpc) is 3.29. The number of pyridine rings is 1. The molecule has 0 N–H and O–H groups in total. The first-order valence-electron chi connectivity index (χ1n) is 11.8. The standard InChI is InChI=1S/C25H30N4O3/c1-17-7-14-32-23(17)25(30)29-11-9-28(10-12-29)24-20(15-26)19-8-13-31-16-21(19)22(27-24)18-5-3-2-4-6-18/h7,14,18H,2-6,8-13,16H2,1H3. The summed E-state index contributed by atoms with van der Waals surface area (Å²) >= 11 is 0. The Morgan fingerprint density at radius 2 is 1.94 bits per heavy atom. The molecular weight excluding hydrogens is 404 g/mol. The molecule has 0 bridgehead atoms. The van der Waals surface area contributed by atoms with Crippen LogP contribution in [0.15, 0.2) is 16.7 Å². The van der Waals surface area contributed by atoms with Crippen LogP contribution in [0.3, 0.4) is 0 Å². The lowest BCUT2D eigenvalue weighted by molar-refractivity contribution is 0.0713. The monoisotopic (exact) mass is 434 g/mol. The second kappa shape index (κ2) is 8.95. The molecule has 2 aliphatic heterocycles. The van der Waals surface area contributed by atoms with E-state index in [1.807, 2.05) is 17.9 Å². The van der Waals surface area contributed by atoms with Gasteiger partial charge in [-0.2, -0.15) is 5.26 Å². The number of rotatable bonds is 3. The molecule has 1 saturated heterocycles. The van der Waals surface area contributed by atoms with Crippen LogP contribution >= 0.6 is 0 Å². The molecular formula is C25H30N4O3. The normalized spacial score (nSPS) is 19.5. The zero-order valence-electron chi connectivity index (χ0n) is 18.7. The molecule has 5 rings (SSSR count). The highest BCUT2D eigenvalue weighted by Gasteiger charge is 2.31. The van der Waals surface area contributed by atoms with E-state index < -0.39 is 0 Å².